The zero-order valence-corrected chi connectivity index (χ0v) is 12.0. The molecule has 0 spiro atoms. The molecule has 8 heteroatoms. The minimum Gasteiger partial charge on any atom is -0.478 e. The molecule has 3 amide bonds. The Morgan fingerprint density at radius 1 is 1.26 bits per heavy atom. The van der Waals surface area contributed by atoms with Gasteiger partial charge in [-0.25, -0.2) is 9.59 Å². The van der Waals surface area contributed by atoms with Crippen LogP contribution in [0.1, 0.15) is 5.56 Å². The minimum atomic E-state index is -1.29. The van der Waals surface area contributed by atoms with Gasteiger partial charge < -0.3 is 15.2 Å². The van der Waals surface area contributed by atoms with E-state index in [4.69, 9.17) is 9.84 Å². The second-order valence-corrected chi connectivity index (χ2v) is 4.72. The Balaban J connectivity index is 1.75. The Labute approximate surface area is 131 Å². The van der Waals surface area contributed by atoms with Gasteiger partial charge in [-0.1, -0.05) is 30.3 Å². The second kappa shape index (κ2) is 7.21. The van der Waals surface area contributed by atoms with Crippen molar-refractivity contribution >= 4 is 23.9 Å². The number of nitrogens with one attached hydrogen (secondary N) is 1. The van der Waals surface area contributed by atoms with Crippen molar-refractivity contribution in [3.63, 3.8) is 0 Å². The van der Waals surface area contributed by atoms with Crippen LogP contribution in [0.25, 0.3) is 0 Å². The van der Waals surface area contributed by atoms with Crippen LogP contribution in [0.3, 0.4) is 0 Å². The Morgan fingerprint density at radius 3 is 2.57 bits per heavy atom. The Bertz CT molecular complexity index is 655. The zero-order chi connectivity index (χ0) is 16.8. The first-order chi connectivity index (χ1) is 11.0. The lowest BCUT2D eigenvalue weighted by molar-refractivity contribution is -0.153. The van der Waals surface area contributed by atoms with Gasteiger partial charge >= 0.3 is 12.1 Å². The van der Waals surface area contributed by atoms with E-state index < -0.39 is 29.9 Å². The number of likely N-dealkylation sites (tertiary alicyclic amines) is 1. The summed E-state index contributed by atoms with van der Waals surface area (Å²) >= 11 is 0. The topological polar surface area (TPSA) is 113 Å². The number of β-lactam (4-membered cyclic amide) rings is 1. The molecule has 23 heavy (non-hydrogen) atoms. The Kier molecular flexibility index (Phi) is 5.08. The number of hydrogen-bond acceptors (Lipinski definition) is 5. The molecule has 1 atom stereocenters. The van der Waals surface area contributed by atoms with Gasteiger partial charge in [0.1, 0.15) is 12.6 Å². The molecular weight excluding hydrogens is 304 g/mol. The molecule has 1 aromatic carbocycles. The monoisotopic (exact) mass is 318 g/mol. The van der Waals surface area contributed by atoms with Gasteiger partial charge in [0.25, 0.3) is 11.8 Å². The molecule has 0 aromatic heterocycles. The van der Waals surface area contributed by atoms with E-state index in [1.165, 1.54) is 0 Å². The van der Waals surface area contributed by atoms with Crippen LogP contribution < -0.4 is 5.32 Å². The number of ether oxygens (including phenoxy) is 1. The number of amides is 3. The lowest BCUT2D eigenvalue weighted by Crippen LogP contribution is -2.65. The van der Waals surface area contributed by atoms with Gasteiger partial charge in [-0.2, -0.15) is 0 Å². The van der Waals surface area contributed by atoms with Gasteiger partial charge in [0.15, 0.2) is 0 Å². The van der Waals surface area contributed by atoms with Gasteiger partial charge in [-0.05, 0) is 5.56 Å². The minimum absolute atomic E-state index is 0.0257. The fourth-order valence-corrected chi connectivity index (χ4v) is 1.87. The number of hydrogen-bond donors (Lipinski definition) is 2. The van der Waals surface area contributed by atoms with E-state index in [9.17, 15) is 19.2 Å². The summed E-state index contributed by atoms with van der Waals surface area (Å²) in [6.45, 7) is 0.0413. The van der Waals surface area contributed by atoms with Crippen LogP contribution in [0, 0.1) is 0 Å². The molecule has 2 rings (SSSR count). The van der Waals surface area contributed by atoms with Crippen LogP contribution in [-0.2, 0) is 25.7 Å². The molecule has 0 unspecified atom stereocenters. The lowest BCUT2D eigenvalue weighted by atomic mass is 10.1. The van der Waals surface area contributed by atoms with E-state index in [1.54, 1.807) is 24.3 Å². The van der Waals surface area contributed by atoms with Gasteiger partial charge in [0.2, 0.25) is 0 Å². The Morgan fingerprint density at radius 2 is 1.96 bits per heavy atom. The van der Waals surface area contributed by atoms with Gasteiger partial charge in [0, 0.05) is 12.2 Å². The summed E-state index contributed by atoms with van der Waals surface area (Å²) in [5.74, 6) is -2.64. The first-order valence-electron chi connectivity index (χ1n) is 6.71. The highest BCUT2D eigenvalue weighted by molar-refractivity contribution is 6.08. The third kappa shape index (κ3) is 4.40. The summed E-state index contributed by atoms with van der Waals surface area (Å²) in [7, 11) is 0. The highest BCUT2D eigenvalue weighted by atomic mass is 16.5. The van der Waals surface area contributed by atoms with Crippen molar-refractivity contribution in [2.45, 2.75) is 12.6 Å². The van der Waals surface area contributed by atoms with Crippen molar-refractivity contribution < 1.29 is 29.0 Å². The molecular formula is C15H14N2O6. The molecule has 0 bridgehead atoms. The predicted molar refractivity (Wildman–Crippen MR) is 77.0 cm³/mol. The maximum atomic E-state index is 11.7. The third-order valence-electron chi connectivity index (χ3n) is 3.07. The summed E-state index contributed by atoms with van der Waals surface area (Å²) in [5.41, 5.74) is 0.804. The molecule has 1 aliphatic heterocycles. The van der Waals surface area contributed by atoms with Crippen LogP contribution >= 0.6 is 0 Å². The summed E-state index contributed by atoms with van der Waals surface area (Å²) in [6.07, 6.45) is 0.662. The predicted octanol–water partition coefficient (Wildman–Crippen LogP) is 0.291. The number of alkyl carbamates (subject to hydrolysis) is 1. The first kappa shape index (κ1) is 16.2. The molecule has 0 saturated carbocycles. The van der Waals surface area contributed by atoms with Crippen molar-refractivity contribution in [2.75, 3.05) is 6.54 Å². The highest BCUT2D eigenvalue weighted by Crippen LogP contribution is 2.11. The molecule has 1 fully saturated rings. The second-order valence-electron chi connectivity index (χ2n) is 4.72. The number of carboxylic acids is 1. The number of benzene rings is 1. The molecule has 0 radical (unpaired) electrons. The third-order valence-corrected chi connectivity index (χ3v) is 3.07. The van der Waals surface area contributed by atoms with E-state index >= 15 is 0 Å². The summed E-state index contributed by atoms with van der Waals surface area (Å²) in [5, 5.41) is 10.7. The summed E-state index contributed by atoms with van der Waals surface area (Å²) in [6, 6.07) is 8.18. The number of carbonyl (C=O) groups is 4. The zero-order valence-electron chi connectivity index (χ0n) is 12.0. The van der Waals surface area contributed by atoms with Gasteiger partial charge in [-0.15, -0.1) is 0 Å². The van der Waals surface area contributed by atoms with Gasteiger partial charge in [0.05, 0.1) is 6.54 Å². The van der Waals surface area contributed by atoms with Crippen LogP contribution in [0.5, 0.6) is 0 Å². The van der Waals surface area contributed by atoms with E-state index in [0.29, 0.717) is 6.08 Å². The smallest absolute Gasteiger partial charge is 0.408 e. The molecule has 1 aliphatic rings. The van der Waals surface area contributed by atoms with Crippen molar-refractivity contribution in [3.05, 3.63) is 48.0 Å². The lowest BCUT2D eigenvalue weighted by Gasteiger charge is -2.35. The molecule has 1 saturated heterocycles. The average molecular weight is 318 g/mol. The molecule has 120 valence electrons. The Hall–Kier alpha value is -3.16. The highest BCUT2D eigenvalue weighted by Gasteiger charge is 2.41. The van der Waals surface area contributed by atoms with Crippen LogP contribution in [0.4, 0.5) is 4.79 Å². The standard InChI is InChI=1S/C15H14N2O6/c18-12(6-7-13(19)20)17-8-11(14(17)21)16-15(22)23-9-10-4-2-1-3-5-10/h1-7,11H,8-9H2,(H,16,22)(H,19,20)/b7-6+/t11-/m0/s1. The fraction of sp³-hybridized carbons (Fsp3) is 0.200. The quantitative estimate of drug-likeness (QED) is 0.596. The average Bonchev–Trinajstić information content (AvgIpc) is 2.54. The molecule has 2 N–H and O–H groups in total. The molecule has 1 heterocycles. The fourth-order valence-electron chi connectivity index (χ4n) is 1.87. The first-order valence-corrected chi connectivity index (χ1v) is 6.71. The number of carboxylic acid groups (broad SMARTS) is 1. The van der Waals surface area contributed by atoms with Crippen LogP contribution in [0.2, 0.25) is 0 Å². The number of imide groups is 1. The van der Waals surface area contributed by atoms with Crippen molar-refractivity contribution in [1.82, 2.24) is 10.2 Å². The van der Waals surface area contributed by atoms with Crippen molar-refractivity contribution in [1.29, 1.82) is 0 Å². The van der Waals surface area contributed by atoms with E-state index in [2.05, 4.69) is 5.32 Å². The number of carbonyl (C=O) groups excluding carboxylic acids is 3. The van der Waals surface area contributed by atoms with E-state index in [0.717, 1.165) is 16.5 Å². The summed E-state index contributed by atoms with van der Waals surface area (Å²) in [4.78, 5) is 45.9. The molecule has 8 nitrogen and oxygen atoms in total. The van der Waals surface area contributed by atoms with E-state index in [-0.39, 0.29) is 13.2 Å². The van der Waals surface area contributed by atoms with Crippen LogP contribution in [0.15, 0.2) is 42.5 Å². The number of aliphatic carboxylic acids is 1. The SMILES string of the molecule is O=C(O)/C=C/C(=O)N1C[C@H](NC(=O)OCc2ccccc2)C1=O. The number of nitrogens with zero attached hydrogens (tertiary/aromatic N) is 1. The van der Waals surface area contributed by atoms with Crippen molar-refractivity contribution in [3.8, 4) is 0 Å². The van der Waals surface area contributed by atoms with Crippen LogP contribution in [-0.4, -0.2) is 46.5 Å². The van der Waals surface area contributed by atoms with E-state index in [1.807, 2.05) is 6.07 Å². The maximum absolute atomic E-state index is 11.7. The summed E-state index contributed by atoms with van der Waals surface area (Å²) < 4.78 is 4.96. The van der Waals surface area contributed by atoms with Gasteiger partial charge in [-0.3, -0.25) is 14.5 Å². The maximum Gasteiger partial charge on any atom is 0.408 e. The normalized spacial score (nSPS) is 16.8. The number of rotatable bonds is 5. The molecule has 0 aliphatic carbocycles. The molecule has 1 aromatic rings. The van der Waals surface area contributed by atoms with Crippen molar-refractivity contribution in [2.24, 2.45) is 0 Å². The largest absolute Gasteiger partial charge is 0.478 e.